The Hall–Kier alpha value is -4.20. The van der Waals surface area contributed by atoms with Gasteiger partial charge in [-0.2, -0.15) is 23.4 Å². The van der Waals surface area contributed by atoms with Gasteiger partial charge in [0.25, 0.3) is 0 Å². The van der Waals surface area contributed by atoms with Gasteiger partial charge in [0.15, 0.2) is 0 Å². The fourth-order valence-corrected chi connectivity index (χ4v) is 2.73. The fourth-order valence-electron chi connectivity index (χ4n) is 2.73. The largest absolute Gasteiger partial charge is 0.418 e. The minimum absolute atomic E-state index is 0.0360. The third kappa shape index (κ3) is 4.27. The molecule has 0 aliphatic heterocycles. The number of aromatic nitrogens is 3. The topological polar surface area (TPSA) is 150 Å². The summed E-state index contributed by atoms with van der Waals surface area (Å²) >= 11 is 0. The molecule has 0 saturated heterocycles. The number of anilines is 3. The fraction of sp³-hybridized carbons (Fsp3) is 0.105. The Balaban J connectivity index is 1.97. The number of hydrogen-bond acceptors (Lipinski definition) is 8. The lowest BCUT2D eigenvalue weighted by atomic mass is 10.1. The molecule has 11 heteroatoms. The van der Waals surface area contributed by atoms with E-state index >= 15 is 0 Å². The van der Waals surface area contributed by atoms with E-state index in [2.05, 4.69) is 20.3 Å². The van der Waals surface area contributed by atoms with Crippen LogP contribution in [0.5, 0.6) is 0 Å². The summed E-state index contributed by atoms with van der Waals surface area (Å²) in [4.78, 5) is 12.3. The minimum Gasteiger partial charge on any atom is -0.398 e. The zero-order valence-electron chi connectivity index (χ0n) is 15.3. The molecular formula is C19H15F3N8. The van der Waals surface area contributed by atoms with Crippen LogP contribution in [0.3, 0.4) is 0 Å². The molecule has 0 atom stereocenters. The number of nitrogen functional groups attached to an aromatic ring is 2. The summed E-state index contributed by atoms with van der Waals surface area (Å²) < 4.78 is 39.2. The van der Waals surface area contributed by atoms with Crippen molar-refractivity contribution in [3.63, 3.8) is 0 Å². The quantitative estimate of drug-likeness (QED) is 0.371. The van der Waals surface area contributed by atoms with Gasteiger partial charge in [-0.1, -0.05) is 12.1 Å². The van der Waals surface area contributed by atoms with E-state index in [-0.39, 0.29) is 40.9 Å². The maximum atomic E-state index is 13.1. The van der Waals surface area contributed by atoms with E-state index < -0.39 is 11.7 Å². The summed E-state index contributed by atoms with van der Waals surface area (Å²) in [5.41, 5.74) is 11.1. The first-order valence-corrected chi connectivity index (χ1v) is 8.48. The highest BCUT2D eigenvalue weighted by atomic mass is 19.4. The molecule has 3 rings (SSSR count). The van der Waals surface area contributed by atoms with Gasteiger partial charge in [0.05, 0.1) is 16.8 Å². The van der Waals surface area contributed by atoms with Gasteiger partial charge < -0.3 is 22.2 Å². The predicted octanol–water partition coefficient (Wildman–Crippen LogP) is 3.20. The van der Waals surface area contributed by atoms with Gasteiger partial charge in [0.2, 0.25) is 5.95 Å². The summed E-state index contributed by atoms with van der Waals surface area (Å²) in [5.74, 6) is 0.0117. The number of nitriles is 1. The van der Waals surface area contributed by atoms with Crippen LogP contribution in [0.2, 0.25) is 0 Å². The average molecular weight is 412 g/mol. The normalized spacial score (nSPS) is 11.0. The van der Waals surface area contributed by atoms with Gasteiger partial charge in [0.1, 0.15) is 23.3 Å². The van der Waals surface area contributed by atoms with Crippen molar-refractivity contribution in [3.8, 4) is 17.5 Å². The first kappa shape index (κ1) is 20.5. The van der Waals surface area contributed by atoms with E-state index in [9.17, 15) is 13.2 Å². The second-order valence-electron chi connectivity index (χ2n) is 6.13. The third-order valence-corrected chi connectivity index (χ3v) is 4.10. The Labute approximate surface area is 168 Å². The molecular weight excluding hydrogens is 397 g/mol. The molecule has 0 aliphatic carbocycles. The summed E-state index contributed by atoms with van der Waals surface area (Å²) in [6, 6.07) is 10.2. The summed E-state index contributed by atoms with van der Waals surface area (Å²) in [5, 5.41) is 19.6. The molecule has 6 N–H and O–H groups in total. The van der Waals surface area contributed by atoms with Gasteiger partial charge in [-0.3, -0.25) is 0 Å². The Kier molecular flexibility index (Phi) is 5.50. The van der Waals surface area contributed by atoms with Crippen molar-refractivity contribution in [2.75, 3.05) is 16.8 Å². The second-order valence-corrected chi connectivity index (χ2v) is 6.13. The molecule has 0 spiro atoms. The minimum atomic E-state index is -4.58. The lowest BCUT2D eigenvalue weighted by Gasteiger charge is -2.14. The van der Waals surface area contributed by atoms with E-state index in [1.165, 1.54) is 18.2 Å². The van der Waals surface area contributed by atoms with Crippen molar-refractivity contribution in [2.45, 2.75) is 12.7 Å². The Morgan fingerprint density at radius 1 is 1.13 bits per heavy atom. The van der Waals surface area contributed by atoms with Crippen molar-refractivity contribution in [1.29, 1.82) is 10.7 Å². The molecule has 3 aromatic rings. The van der Waals surface area contributed by atoms with Gasteiger partial charge in [-0.25, -0.2) is 9.97 Å². The number of nitrogens with zero attached hydrogens (tertiary/aromatic N) is 4. The molecule has 0 aliphatic rings. The number of benzene rings is 1. The van der Waals surface area contributed by atoms with Crippen LogP contribution in [0.4, 0.5) is 30.6 Å². The molecule has 0 fully saturated rings. The second kappa shape index (κ2) is 8.04. The van der Waals surface area contributed by atoms with Crippen LogP contribution in [0, 0.1) is 16.7 Å². The monoisotopic (exact) mass is 412 g/mol. The molecule has 0 unspecified atom stereocenters. The lowest BCUT2D eigenvalue weighted by Crippen LogP contribution is -2.12. The van der Waals surface area contributed by atoms with Crippen molar-refractivity contribution >= 4 is 23.7 Å². The number of pyridine rings is 1. The molecule has 152 valence electrons. The number of nitrogens with one attached hydrogen (secondary N) is 2. The van der Waals surface area contributed by atoms with E-state index in [0.29, 0.717) is 11.3 Å². The number of alkyl halides is 3. The number of nitrogens with two attached hydrogens (primary N) is 2. The van der Waals surface area contributed by atoms with E-state index in [0.717, 1.165) is 12.3 Å². The SMILES string of the molecule is N#Cc1cccc(-c2nc(N)nc(NCc3ccc(N)c(C(F)(F)F)c3)c2C=N)n1. The van der Waals surface area contributed by atoms with Crippen molar-refractivity contribution in [3.05, 3.63) is 58.8 Å². The Bertz CT molecular complexity index is 1150. The maximum Gasteiger partial charge on any atom is 0.418 e. The van der Waals surface area contributed by atoms with Gasteiger partial charge >= 0.3 is 6.18 Å². The molecule has 0 saturated carbocycles. The highest BCUT2D eigenvalue weighted by Crippen LogP contribution is 2.34. The number of rotatable bonds is 5. The Morgan fingerprint density at radius 3 is 2.57 bits per heavy atom. The first-order chi connectivity index (χ1) is 14.2. The lowest BCUT2D eigenvalue weighted by molar-refractivity contribution is -0.136. The van der Waals surface area contributed by atoms with Crippen LogP contribution in [0.15, 0.2) is 36.4 Å². The zero-order valence-corrected chi connectivity index (χ0v) is 15.3. The standard InChI is InChI=1S/C19H15F3N8/c20-19(21,22)13-6-10(4-5-14(13)25)9-27-17-12(8-24)16(29-18(26)30-17)15-3-1-2-11(7-23)28-15/h1-6,8,24H,9,25H2,(H3,26,27,29,30). The highest BCUT2D eigenvalue weighted by Gasteiger charge is 2.33. The average Bonchev–Trinajstić information content (AvgIpc) is 2.71. The summed E-state index contributed by atoms with van der Waals surface area (Å²) in [7, 11) is 0. The molecule has 0 amide bonds. The molecule has 0 bridgehead atoms. The van der Waals surface area contributed by atoms with Crippen molar-refractivity contribution in [2.24, 2.45) is 0 Å². The molecule has 1 aromatic carbocycles. The van der Waals surface area contributed by atoms with Gasteiger partial charge in [0, 0.05) is 18.4 Å². The molecule has 2 heterocycles. The first-order valence-electron chi connectivity index (χ1n) is 8.48. The van der Waals surface area contributed by atoms with Crippen LogP contribution in [0.25, 0.3) is 11.4 Å². The van der Waals surface area contributed by atoms with Crippen molar-refractivity contribution < 1.29 is 13.2 Å². The number of halogens is 3. The zero-order chi connectivity index (χ0) is 21.9. The van der Waals surface area contributed by atoms with Crippen molar-refractivity contribution in [1.82, 2.24) is 15.0 Å². The Morgan fingerprint density at radius 2 is 1.90 bits per heavy atom. The van der Waals surface area contributed by atoms with Crippen LogP contribution < -0.4 is 16.8 Å². The number of hydrogen-bond donors (Lipinski definition) is 4. The maximum absolute atomic E-state index is 13.1. The molecule has 0 radical (unpaired) electrons. The van der Waals surface area contributed by atoms with Gasteiger partial charge in [-0.05, 0) is 29.8 Å². The molecule has 2 aromatic heterocycles. The van der Waals surface area contributed by atoms with Crippen LogP contribution in [0.1, 0.15) is 22.4 Å². The van der Waals surface area contributed by atoms with Gasteiger partial charge in [-0.15, -0.1) is 0 Å². The van der Waals surface area contributed by atoms with E-state index in [4.69, 9.17) is 22.1 Å². The smallest absolute Gasteiger partial charge is 0.398 e. The highest BCUT2D eigenvalue weighted by molar-refractivity contribution is 5.92. The molecule has 30 heavy (non-hydrogen) atoms. The van der Waals surface area contributed by atoms with Crippen LogP contribution >= 0.6 is 0 Å². The van der Waals surface area contributed by atoms with Crippen LogP contribution in [-0.2, 0) is 12.7 Å². The van der Waals surface area contributed by atoms with Crippen LogP contribution in [-0.4, -0.2) is 21.2 Å². The third-order valence-electron chi connectivity index (χ3n) is 4.10. The molecule has 8 nitrogen and oxygen atoms in total. The summed E-state index contributed by atoms with van der Waals surface area (Å²) in [6.45, 7) is -0.0360. The summed E-state index contributed by atoms with van der Waals surface area (Å²) in [6.07, 6.45) is -3.61. The van der Waals surface area contributed by atoms with E-state index in [1.54, 1.807) is 12.1 Å². The van der Waals surface area contributed by atoms with E-state index in [1.807, 2.05) is 6.07 Å². The predicted molar refractivity (Wildman–Crippen MR) is 105 cm³/mol.